The van der Waals surface area contributed by atoms with Crippen LogP contribution in [0.25, 0.3) is 0 Å². The monoisotopic (exact) mass is 181 g/mol. The Labute approximate surface area is 73.3 Å². The standard InChI is InChI=1S/C7H15NO2.ClH/c8-7(5-9)6-1-3-10-4-2-6;/h6-7,9H,1-5,8H2;1H. The van der Waals surface area contributed by atoms with Gasteiger partial charge in [-0.25, -0.2) is 0 Å². The van der Waals surface area contributed by atoms with Crippen molar-refractivity contribution in [2.45, 2.75) is 18.9 Å². The molecule has 3 N–H and O–H groups in total. The quantitative estimate of drug-likeness (QED) is 0.638. The summed E-state index contributed by atoms with van der Waals surface area (Å²) < 4.78 is 5.16. The number of aliphatic hydroxyl groups is 1. The van der Waals surface area contributed by atoms with Crippen molar-refractivity contribution < 1.29 is 9.84 Å². The third-order valence-corrected chi connectivity index (χ3v) is 2.08. The topological polar surface area (TPSA) is 55.5 Å². The van der Waals surface area contributed by atoms with Gasteiger partial charge in [0.15, 0.2) is 0 Å². The highest BCUT2D eigenvalue weighted by Gasteiger charge is 2.19. The summed E-state index contributed by atoms with van der Waals surface area (Å²) in [4.78, 5) is 0. The minimum Gasteiger partial charge on any atom is -0.395 e. The van der Waals surface area contributed by atoms with Crippen LogP contribution >= 0.6 is 12.4 Å². The van der Waals surface area contributed by atoms with Crippen molar-refractivity contribution in [3.05, 3.63) is 0 Å². The maximum atomic E-state index is 8.72. The first-order valence-electron chi connectivity index (χ1n) is 3.78. The van der Waals surface area contributed by atoms with E-state index < -0.39 is 0 Å². The van der Waals surface area contributed by atoms with Crippen LogP contribution < -0.4 is 5.73 Å². The molecule has 1 unspecified atom stereocenters. The number of nitrogens with two attached hydrogens (primary N) is 1. The summed E-state index contributed by atoms with van der Waals surface area (Å²) >= 11 is 0. The molecule has 0 radical (unpaired) electrons. The lowest BCUT2D eigenvalue weighted by Crippen LogP contribution is -2.36. The second-order valence-corrected chi connectivity index (χ2v) is 2.80. The molecule has 0 spiro atoms. The zero-order chi connectivity index (χ0) is 7.40. The van der Waals surface area contributed by atoms with Crippen LogP contribution in [0.3, 0.4) is 0 Å². The second kappa shape index (κ2) is 5.77. The fraction of sp³-hybridized carbons (Fsp3) is 1.00. The van der Waals surface area contributed by atoms with Crippen LogP contribution in [0.5, 0.6) is 0 Å². The largest absolute Gasteiger partial charge is 0.395 e. The zero-order valence-electron chi connectivity index (χ0n) is 6.53. The van der Waals surface area contributed by atoms with Crippen molar-refractivity contribution in [3.8, 4) is 0 Å². The SMILES string of the molecule is Cl.NC(CO)C1CCOCC1. The number of rotatable bonds is 2. The molecule has 0 bridgehead atoms. The Bertz CT molecular complexity index is 96.4. The first-order valence-corrected chi connectivity index (χ1v) is 3.78. The van der Waals surface area contributed by atoms with Crippen molar-refractivity contribution >= 4 is 12.4 Å². The van der Waals surface area contributed by atoms with Gasteiger partial charge < -0.3 is 15.6 Å². The highest BCUT2D eigenvalue weighted by atomic mass is 35.5. The van der Waals surface area contributed by atoms with E-state index in [0.29, 0.717) is 5.92 Å². The third-order valence-electron chi connectivity index (χ3n) is 2.08. The van der Waals surface area contributed by atoms with Gasteiger partial charge in [-0.05, 0) is 18.8 Å². The van der Waals surface area contributed by atoms with E-state index in [1.165, 1.54) is 0 Å². The third kappa shape index (κ3) is 3.38. The molecule has 1 saturated heterocycles. The average molecular weight is 182 g/mol. The predicted octanol–water partition coefficient (Wildman–Crippen LogP) is 0.154. The molecule has 1 fully saturated rings. The van der Waals surface area contributed by atoms with E-state index in [1.807, 2.05) is 0 Å². The number of hydrogen-bond donors (Lipinski definition) is 2. The fourth-order valence-corrected chi connectivity index (χ4v) is 1.29. The lowest BCUT2D eigenvalue weighted by Gasteiger charge is -2.25. The number of hydrogen-bond acceptors (Lipinski definition) is 3. The summed E-state index contributed by atoms with van der Waals surface area (Å²) in [7, 11) is 0. The molecule has 0 amide bonds. The van der Waals surface area contributed by atoms with Gasteiger partial charge in [0.2, 0.25) is 0 Å². The fourth-order valence-electron chi connectivity index (χ4n) is 1.29. The van der Waals surface area contributed by atoms with Crippen molar-refractivity contribution in [1.29, 1.82) is 0 Å². The van der Waals surface area contributed by atoms with Gasteiger partial charge in [-0.2, -0.15) is 0 Å². The molecule has 0 aromatic heterocycles. The highest BCUT2D eigenvalue weighted by molar-refractivity contribution is 5.85. The molecule has 0 aromatic carbocycles. The van der Waals surface area contributed by atoms with Gasteiger partial charge in [0.25, 0.3) is 0 Å². The summed E-state index contributed by atoms with van der Waals surface area (Å²) in [6.45, 7) is 1.71. The molecule has 11 heavy (non-hydrogen) atoms. The molecular formula is C7H16ClNO2. The second-order valence-electron chi connectivity index (χ2n) is 2.80. The molecule has 0 aliphatic carbocycles. The Hall–Kier alpha value is 0.170. The minimum absolute atomic E-state index is 0. The molecule has 1 rings (SSSR count). The molecule has 0 saturated carbocycles. The van der Waals surface area contributed by atoms with Gasteiger partial charge in [-0.15, -0.1) is 12.4 Å². The molecule has 1 aliphatic heterocycles. The van der Waals surface area contributed by atoms with Crippen LogP contribution in [0.4, 0.5) is 0 Å². The van der Waals surface area contributed by atoms with E-state index in [2.05, 4.69) is 0 Å². The molecular weight excluding hydrogens is 166 g/mol. The summed E-state index contributed by atoms with van der Waals surface area (Å²) in [6, 6.07) is -0.0381. The molecule has 1 aliphatic rings. The first-order chi connectivity index (χ1) is 4.84. The van der Waals surface area contributed by atoms with Crippen molar-refractivity contribution in [2.24, 2.45) is 11.7 Å². The maximum absolute atomic E-state index is 8.72. The summed E-state index contributed by atoms with van der Waals surface area (Å²) in [5.41, 5.74) is 5.64. The smallest absolute Gasteiger partial charge is 0.0585 e. The Balaban J connectivity index is 0.000001000. The molecule has 1 atom stereocenters. The van der Waals surface area contributed by atoms with Crippen LogP contribution in [-0.2, 0) is 4.74 Å². The Morgan fingerprint density at radius 3 is 2.45 bits per heavy atom. The Morgan fingerprint density at radius 1 is 1.45 bits per heavy atom. The van der Waals surface area contributed by atoms with E-state index in [0.717, 1.165) is 26.1 Å². The van der Waals surface area contributed by atoms with Crippen LogP contribution in [0.15, 0.2) is 0 Å². The van der Waals surface area contributed by atoms with Gasteiger partial charge in [0.05, 0.1) is 6.61 Å². The zero-order valence-corrected chi connectivity index (χ0v) is 7.35. The maximum Gasteiger partial charge on any atom is 0.0585 e. The van der Waals surface area contributed by atoms with Crippen LogP contribution in [-0.4, -0.2) is 31.0 Å². The van der Waals surface area contributed by atoms with E-state index in [9.17, 15) is 0 Å². The Morgan fingerprint density at radius 2 is 2.00 bits per heavy atom. The van der Waals surface area contributed by atoms with Crippen molar-refractivity contribution in [2.75, 3.05) is 19.8 Å². The first kappa shape index (κ1) is 11.2. The Kier molecular flexibility index (Phi) is 5.86. The van der Waals surface area contributed by atoms with Gasteiger partial charge in [0, 0.05) is 19.3 Å². The van der Waals surface area contributed by atoms with Crippen molar-refractivity contribution in [1.82, 2.24) is 0 Å². The molecule has 4 heteroatoms. The van der Waals surface area contributed by atoms with E-state index >= 15 is 0 Å². The highest BCUT2D eigenvalue weighted by Crippen LogP contribution is 2.16. The van der Waals surface area contributed by atoms with E-state index in [1.54, 1.807) is 0 Å². The lowest BCUT2D eigenvalue weighted by molar-refractivity contribution is 0.0504. The van der Waals surface area contributed by atoms with Crippen LogP contribution in [0.2, 0.25) is 0 Å². The average Bonchev–Trinajstić information content (AvgIpc) is 2.05. The summed E-state index contributed by atoms with van der Waals surface area (Å²) in [6.07, 6.45) is 2.00. The van der Waals surface area contributed by atoms with Crippen LogP contribution in [0, 0.1) is 5.92 Å². The number of halogens is 1. The van der Waals surface area contributed by atoms with Gasteiger partial charge in [-0.3, -0.25) is 0 Å². The van der Waals surface area contributed by atoms with Gasteiger partial charge in [0.1, 0.15) is 0 Å². The van der Waals surface area contributed by atoms with Gasteiger partial charge in [-0.1, -0.05) is 0 Å². The van der Waals surface area contributed by atoms with Crippen LogP contribution in [0.1, 0.15) is 12.8 Å². The molecule has 0 aromatic rings. The molecule has 1 heterocycles. The molecule has 68 valence electrons. The predicted molar refractivity (Wildman–Crippen MR) is 45.9 cm³/mol. The minimum atomic E-state index is -0.0381. The lowest BCUT2D eigenvalue weighted by atomic mass is 9.93. The summed E-state index contributed by atoms with van der Waals surface area (Å²) in [5.74, 6) is 0.471. The number of ether oxygens (including phenoxy) is 1. The van der Waals surface area contributed by atoms with Crippen molar-refractivity contribution in [3.63, 3.8) is 0 Å². The summed E-state index contributed by atoms with van der Waals surface area (Å²) in [5, 5.41) is 8.72. The van der Waals surface area contributed by atoms with E-state index in [-0.39, 0.29) is 25.1 Å². The number of aliphatic hydroxyl groups excluding tert-OH is 1. The van der Waals surface area contributed by atoms with E-state index in [4.69, 9.17) is 15.6 Å². The van der Waals surface area contributed by atoms with Gasteiger partial charge >= 0.3 is 0 Å². The normalized spacial score (nSPS) is 22.4. The molecule has 3 nitrogen and oxygen atoms in total.